The predicted molar refractivity (Wildman–Crippen MR) is 144 cm³/mol. The topological polar surface area (TPSA) is 168 Å². The predicted octanol–water partition coefficient (Wildman–Crippen LogP) is 1.39. The number of imidazole rings is 1. The number of ether oxygens (including phenoxy) is 2. The molecule has 1 aromatic carbocycles. The molecular weight excluding hydrogens is 512 g/mol. The molecule has 2 aromatic heterocycles. The van der Waals surface area contributed by atoms with E-state index in [1.54, 1.807) is 4.90 Å². The second-order valence-electron chi connectivity index (χ2n) is 8.83. The van der Waals surface area contributed by atoms with Crippen molar-refractivity contribution in [2.75, 3.05) is 38.0 Å². The van der Waals surface area contributed by atoms with E-state index >= 15 is 0 Å². The second kappa shape index (κ2) is 13.8. The number of hydrogen-bond donors (Lipinski definition) is 2. The average molecular weight is 547 g/mol. The van der Waals surface area contributed by atoms with Gasteiger partial charge in [0, 0.05) is 19.6 Å². The number of anilines is 1. The van der Waals surface area contributed by atoms with Crippen LogP contribution in [0.3, 0.4) is 0 Å². The minimum atomic E-state index is -1.31. The van der Waals surface area contributed by atoms with Gasteiger partial charge in [-0.15, -0.1) is 0 Å². The summed E-state index contributed by atoms with van der Waals surface area (Å²) in [5.41, 5.74) is 7.87. The van der Waals surface area contributed by atoms with Crippen LogP contribution >= 0.6 is 0 Å². The van der Waals surface area contributed by atoms with E-state index in [9.17, 15) is 18.9 Å². The monoisotopic (exact) mass is 546 g/mol. The van der Waals surface area contributed by atoms with Crippen LogP contribution in [-0.4, -0.2) is 73.1 Å². The number of hydrogen-bond acceptors (Lipinski definition) is 9. The molecule has 0 aliphatic carbocycles. The average Bonchev–Trinajstić information content (AvgIpc) is 3.19. The number of nitrogens with zero attached hydrogens (tertiary/aromatic N) is 4. The third-order valence-corrected chi connectivity index (χ3v) is 6.44. The molecule has 1 atom stereocenters. The van der Waals surface area contributed by atoms with Crippen LogP contribution in [-0.2, 0) is 45.0 Å². The lowest BCUT2D eigenvalue weighted by atomic mass is 10.1. The lowest BCUT2D eigenvalue weighted by molar-refractivity contribution is -0.139. The number of carbonyl (C=O) groups is 2. The number of fused-ring (bicyclic) bond motifs is 1. The van der Waals surface area contributed by atoms with Gasteiger partial charge in [0.2, 0.25) is 0 Å². The molecule has 0 spiro atoms. The lowest BCUT2D eigenvalue weighted by Gasteiger charge is -2.23. The van der Waals surface area contributed by atoms with Gasteiger partial charge in [-0.1, -0.05) is 37.6 Å². The molecule has 3 aromatic rings. The molecular formula is C25H34N6O6S. The number of aromatic nitrogens is 4. The van der Waals surface area contributed by atoms with Crippen molar-refractivity contribution in [3.8, 4) is 6.01 Å². The van der Waals surface area contributed by atoms with E-state index in [0.29, 0.717) is 30.7 Å². The van der Waals surface area contributed by atoms with Crippen LogP contribution in [0, 0.1) is 0 Å². The van der Waals surface area contributed by atoms with Crippen molar-refractivity contribution in [1.29, 1.82) is 0 Å². The van der Waals surface area contributed by atoms with Crippen molar-refractivity contribution in [1.82, 2.24) is 24.4 Å². The van der Waals surface area contributed by atoms with Crippen LogP contribution < -0.4 is 16.2 Å². The summed E-state index contributed by atoms with van der Waals surface area (Å²) in [6.07, 6.45) is 3.80. The highest BCUT2D eigenvalue weighted by Crippen LogP contribution is 2.18. The highest BCUT2D eigenvalue weighted by Gasteiger charge is 2.20. The Kier molecular flexibility index (Phi) is 10.5. The quantitative estimate of drug-likeness (QED) is 0.172. The molecule has 13 heteroatoms. The third-order valence-electron chi connectivity index (χ3n) is 5.79. The number of aryl methyl sites for hydroxylation is 1. The SMILES string of the molecule is CCCCOc1nc(N)c2[nH]c(=O)n(CCCN(Cc3cccc(CC(=O)OC)c3)C(=O)C[S+](C)[O-])c2n1. The first-order valence-electron chi connectivity index (χ1n) is 12.3. The molecule has 0 radical (unpaired) electrons. The highest BCUT2D eigenvalue weighted by molar-refractivity contribution is 7.91. The molecule has 0 aliphatic heterocycles. The highest BCUT2D eigenvalue weighted by atomic mass is 32.2. The Morgan fingerprint density at radius 2 is 2.00 bits per heavy atom. The molecule has 1 amide bonds. The smallest absolute Gasteiger partial charge is 0.327 e. The van der Waals surface area contributed by atoms with Gasteiger partial charge in [0.15, 0.2) is 17.2 Å². The Morgan fingerprint density at radius 3 is 2.71 bits per heavy atom. The zero-order valence-electron chi connectivity index (χ0n) is 21.9. The lowest BCUT2D eigenvalue weighted by Crippen LogP contribution is -2.36. The van der Waals surface area contributed by atoms with Gasteiger partial charge in [0.05, 0.1) is 26.4 Å². The summed E-state index contributed by atoms with van der Waals surface area (Å²) in [5.74, 6) is -0.624. The molecule has 0 fully saturated rings. The number of methoxy groups -OCH3 is 1. The number of rotatable bonds is 14. The number of nitrogens with two attached hydrogens (primary N) is 1. The molecule has 12 nitrogen and oxygen atoms in total. The van der Waals surface area contributed by atoms with Crippen LogP contribution in [0.25, 0.3) is 11.2 Å². The van der Waals surface area contributed by atoms with Gasteiger partial charge in [0.25, 0.3) is 5.91 Å². The van der Waals surface area contributed by atoms with Gasteiger partial charge in [-0.3, -0.25) is 14.2 Å². The van der Waals surface area contributed by atoms with E-state index < -0.39 is 16.9 Å². The summed E-state index contributed by atoms with van der Waals surface area (Å²) in [6.45, 7) is 3.30. The number of amides is 1. The fourth-order valence-corrected chi connectivity index (χ4v) is 4.41. The van der Waals surface area contributed by atoms with Crippen molar-refractivity contribution in [3.63, 3.8) is 0 Å². The number of benzene rings is 1. The zero-order valence-corrected chi connectivity index (χ0v) is 22.7. The van der Waals surface area contributed by atoms with E-state index in [1.165, 1.54) is 17.9 Å². The Morgan fingerprint density at radius 1 is 1.24 bits per heavy atom. The number of unbranched alkanes of at least 4 members (excludes halogenated alkanes) is 1. The molecule has 2 heterocycles. The van der Waals surface area contributed by atoms with E-state index in [2.05, 4.69) is 15.0 Å². The third kappa shape index (κ3) is 7.96. The number of nitrogens with one attached hydrogen (secondary N) is 1. The molecule has 0 saturated heterocycles. The first kappa shape index (κ1) is 29.0. The molecule has 38 heavy (non-hydrogen) atoms. The van der Waals surface area contributed by atoms with E-state index in [0.717, 1.165) is 24.0 Å². The van der Waals surface area contributed by atoms with Crippen molar-refractivity contribution in [3.05, 3.63) is 45.9 Å². The Bertz CT molecular complexity index is 1310. The maximum atomic E-state index is 12.9. The Labute approximate surface area is 223 Å². The largest absolute Gasteiger partial charge is 0.616 e. The minimum Gasteiger partial charge on any atom is -0.616 e. The maximum Gasteiger partial charge on any atom is 0.327 e. The van der Waals surface area contributed by atoms with Crippen molar-refractivity contribution >= 4 is 40.0 Å². The van der Waals surface area contributed by atoms with Gasteiger partial charge in [-0.25, -0.2) is 4.79 Å². The standard InChI is InChI=1S/C25H34N6O6S/c1-4-5-12-37-24-28-22(26)21-23(29-24)31(25(34)27-21)11-7-10-30(19(32)16-38(3)35)15-18-9-6-8-17(13-18)14-20(33)36-2/h6,8-9,13H,4-5,7,10-12,14-16H2,1-3H3,(H,27,34)(H2,26,28,29). The second-order valence-corrected chi connectivity index (χ2v) is 10.3. The number of nitrogen functional groups attached to an aromatic ring is 1. The van der Waals surface area contributed by atoms with Crippen LogP contribution in [0.4, 0.5) is 5.82 Å². The maximum absolute atomic E-state index is 12.9. The summed E-state index contributed by atoms with van der Waals surface area (Å²) < 4.78 is 23.5. The summed E-state index contributed by atoms with van der Waals surface area (Å²) >= 11 is -1.31. The fraction of sp³-hybridized carbons (Fsp3) is 0.480. The van der Waals surface area contributed by atoms with E-state index in [-0.39, 0.29) is 49.0 Å². The molecule has 1 unspecified atom stereocenters. The number of carbonyl (C=O) groups excluding carboxylic acids is 2. The van der Waals surface area contributed by atoms with Crippen LogP contribution in [0.15, 0.2) is 29.1 Å². The van der Waals surface area contributed by atoms with Crippen molar-refractivity contribution < 1.29 is 23.6 Å². The molecule has 0 saturated carbocycles. The van der Waals surface area contributed by atoms with E-state index in [1.807, 2.05) is 31.2 Å². The number of H-pyrrole nitrogens is 1. The molecule has 3 rings (SSSR count). The number of esters is 1. The van der Waals surface area contributed by atoms with Gasteiger partial charge in [0.1, 0.15) is 5.52 Å². The first-order chi connectivity index (χ1) is 18.2. The molecule has 206 valence electrons. The molecule has 3 N–H and O–H groups in total. The summed E-state index contributed by atoms with van der Waals surface area (Å²) in [7, 11) is 1.33. The Hall–Kier alpha value is -3.58. The summed E-state index contributed by atoms with van der Waals surface area (Å²) in [6, 6.07) is 7.41. The van der Waals surface area contributed by atoms with Crippen molar-refractivity contribution in [2.24, 2.45) is 0 Å². The summed E-state index contributed by atoms with van der Waals surface area (Å²) in [4.78, 5) is 49.9. The van der Waals surface area contributed by atoms with Gasteiger partial charge >= 0.3 is 17.7 Å². The van der Waals surface area contributed by atoms with Gasteiger partial charge < -0.3 is 29.6 Å². The molecule has 0 bridgehead atoms. The minimum absolute atomic E-state index is 0.102. The summed E-state index contributed by atoms with van der Waals surface area (Å²) in [5, 5.41) is 0. The van der Waals surface area contributed by atoms with E-state index in [4.69, 9.17) is 15.2 Å². The van der Waals surface area contributed by atoms with Crippen LogP contribution in [0.5, 0.6) is 6.01 Å². The normalized spacial score (nSPS) is 11.9. The van der Waals surface area contributed by atoms with Crippen molar-refractivity contribution in [2.45, 2.75) is 45.7 Å². The van der Waals surface area contributed by atoms with Gasteiger partial charge in [-0.2, -0.15) is 9.97 Å². The molecule has 0 aliphatic rings. The Balaban J connectivity index is 1.75. The van der Waals surface area contributed by atoms with Crippen LogP contribution in [0.1, 0.15) is 37.3 Å². The number of aromatic amines is 1. The zero-order chi connectivity index (χ0) is 27.7. The first-order valence-corrected chi connectivity index (χ1v) is 14.1. The van der Waals surface area contributed by atoms with Crippen LogP contribution in [0.2, 0.25) is 0 Å². The fourth-order valence-electron chi connectivity index (χ4n) is 3.88. The van der Waals surface area contributed by atoms with Gasteiger partial charge in [-0.05, 0) is 35.1 Å².